The summed E-state index contributed by atoms with van der Waals surface area (Å²) in [6.45, 7) is -0.981. The number of carboxylic acid groups (broad SMARTS) is 1. The van der Waals surface area contributed by atoms with Crippen molar-refractivity contribution in [3.05, 3.63) is 59.7 Å². The van der Waals surface area contributed by atoms with E-state index in [9.17, 15) is 27.6 Å². The molecule has 0 spiro atoms. The third-order valence-corrected chi connectivity index (χ3v) is 5.20. The first-order chi connectivity index (χ1) is 15.6. The van der Waals surface area contributed by atoms with Gasteiger partial charge in [0.25, 0.3) is 0 Å². The number of fused-ring (bicyclic) bond motifs is 3. The van der Waals surface area contributed by atoms with Crippen LogP contribution in [0.4, 0.5) is 18.0 Å². The van der Waals surface area contributed by atoms with E-state index in [-0.39, 0.29) is 12.5 Å². The van der Waals surface area contributed by atoms with Crippen LogP contribution in [0.2, 0.25) is 0 Å². The standard InChI is InChI=1S/C22H21F3N2O6/c23-22(24,25)18(9-19(29)26-10-17(28)20(30)31)27-21(32)33-11-16-14-7-3-1-5-12(14)13-6-2-4-8-15(13)16/h1-8,16-18,28H,9-11H2,(H,26,29)(H,27,32)(H,30,31). The van der Waals surface area contributed by atoms with Gasteiger partial charge < -0.3 is 25.6 Å². The van der Waals surface area contributed by atoms with Gasteiger partial charge in [-0.1, -0.05) is 48.5 Å². The lowest BCUT2D eigenvalue weighted by molar-refractivity contribution is -0.160. The van der Waals surface area contributed by atoms with Gasteiger partial charge in [-0.15, -0.1) is 0 Å². The molecule has 2 aromatic rings. The minimum absolute atomic E-state index is 0.207. The maximum absolute atomic E-state index is 13.3. The summed E-state index contributed by atoms with van der Waals surface area (Å²) in [5.41, 5.74) is 3.68. The summed E-state index contributed by atoms with van der Waals surface area (Å²) in [5, 5.41) is 21.2. The van der Waals surface area contributed by atoms with Crippen LogP contribution in [0.1, 0.15) is 23.5 Å². The van der Waals surface area contributed by atoms with Crippen molar-refractivity contribution in [3.8, 4) is 11.1 Å². The fourth-order valence-electron chi connectivity index (χ4n) is 3.59. The van der Waals surface area contributed by atoms with Gasteiger partial charge >= 0.3 is 18.2 Å². The summed E-state index contributed by atoms with van der Waals surface area (Å²) in [5.74, 6) is -3.19. The van der Waals surface area contributed by atoms with Crippen LogP contribution in [0.5, 0.6) is 0 Å². The minimum Gasteiger partial charge on any atom is -0.479 e. The van der Waals surface area contributed by atoms with E-state index in [1.165, 1.54) is 0 Å². The number of aliphatic hydroxyl groups excluding tert-OH is 1. The normalized spacial score (nSPS) is 14.5. The van der Waals surface area contributed by atoms with Crippen molar-refractivity contribution in [2.75, 3.05) is 13.2 Å². The quantitative estimate of drug-likeness (QED) is 0.474. The van der Waals surface area contributed by atoms with Crippen molar-refractivity contribution in [2.24, 2.45) is 0 Å². The first-order valence-corrected chi connectivity index (χ1v) is 9.93. The second-order valence-electron chi connectivity index (χ2n) is 7.43. The first-order valence-electron chi connectivity index (χ1n) is 9.93. The van der Waals surface area contributed by atoms with Gasteiger partial charge in [0.2, 0.25) is 5.91 Å². The van der Waals surface area contributed by atoms with Crippen LogP contribution in [-0.2, 0) is 14.3 Å². The molecule has 3 rings (SSSR count). The molecule has 2 atom stereocenters. The molecule has 0 bridgehead atoms. The second kappa shape index (κ2) is 9.90. The smallest absolute Gasteiger partial charge is 0.409 e. The van der Waals surface area contributed by atoms with E-state index in [1.807, 2.05) is 53.8 Å². The van der Waals surface area contributed by atoms with Crippen molar-refractivity contribution < 1.29 is 42.5 Å². The number of ether oxygens (including phenoxy) is 1. The van der Waals surface area contributed by atoms with Gasteiger partial charge in [0.1, 0.15) is 12.6 Å². The lowest BCUT2D eigenvalue weighted by Crippen LogP contribution is -2.49. The second-order valence-corrected chi connectivity index (χ2v) is 7.43. The largest absolute Gasteiger partial charge is 0.479 e. The number of alkyl carbamates (subject to hydrolysis) is 1. The van der Waals surface area contributed by atoms with E-state index in [2.05, 4.69) is 0 Å². The van der Waals surface area contributed by atoms with Crippen LogP contribution in [0.25, 0.3) is 11.1 Å². The number of carbonyl (C=O) groups excluding carboxylic acids is 2. The molecule has 0 aromatic heterocycles. The molecule has 0 saturated carbocycles. The highest BCUT2D eigenvalue weighted by atomic mass is 19.4. The van der Waals surface area contributed by atoms with Gasteiger partial charge in [-0.2, -0.15) is 13.2 Å². The van der Waals surface area contributed by atoms with Crippen LogP contribution in [0.15, 0.2) is 48.5 Å². The number of carbonyl (C=O) groups is 3. The number of nitrogens with one attached hydrogen (secondary N) is 2. The number of hydrogen-bond acceptors (Lipinski definition) is 5. The number of carboxylic acids is 1. The molecule has 11 heteroatoms. The minimum atomic E-state index is -4.96. The molecule has 4 N–H and O–H groups in total. The molecule has 0 fully saturated rings. The third kappa shape index (κ3) is 5.80. The Morgan fingerprint density at radius 1 is 1.00 bits per heavy atom. The number of rotatable bonds is 8. The molecule has 8 nitrogen and oxygen atoms in total. The molecule has 2 unspecified atom stereocenters. The fraction of sp³-hybridized carbons (Fsp3) is 0.318. The molecule has 0 heterocycles. The topological polar surface area (TPSA) is 125 Å². The summed E-state index contributed by atoms with van der Waals surface area (Å²) in [4.78, 5) is 34.4. The number of hydrogen-bond donors (Lipinski definition) is 4. The predicted molar refractivity (Wildman–Crippen MR) is 109 cm³/mol. The Bertz CT molecular complexity index is 997. The van der Waals surface area contributed by atoms with Crippen molar-refractivity contribution >= 4 is 18.0 Å². The number of aliphatic carboxylic acids is 1. The van der Waals surface area contributed by atoms with Gasteiger partial charge in [0, 0.05) is 5.92 Å². The summed E-state index contributed by atoms with van der Waals surface area (Å²) >= 11 is 0. The SMILES string of the molecule is O=C(CC(NC(=O)OCC1c2ccccc2-c2ccccc21)C(F)(F)F)NCC(O)C(=O)O. The predicted octanol–water partition coefficient (Wildman–Crippen LogP) is 2.41. The Kier molecular flexibility index (Phi) is 7.22. The molecule has 0 aliphatic heterocycles. The van der Waals surface area contributed by atoms with Gasteiger partial charge in [-0.05, 0) is 22.3 Å². The molecule has 2 aromatic carbocycles. The van der Waals surface area contributed by atoms with Crippen LogP contribution in [0, 0.1) is 0 Å². The van der Waals surface area contributed by atoms with Crippen molar-refractivity contribution in [1.82, 2.24) is 10.6 Å². The Labute approximate surface area is 186 Å². The molecule has 33 heavy (non-hydrogen) atoms. The average molecular weight is 466 g/mol. The third-order valence-electron chi connectivity index (χ3n) is 5.20. The Hall–Kier alpha value is -3.60. The monoisotopic (exact) mass is 466 g/mol. The van der Waals surface area contributed by atoms with Crippen LogP contribution in [-0.4, -0.2) is 59.7 Å². The van der Waals surface area contributed by atoms with Gasteiger partial charge in [0.15, 0.2) is 6.10 Å². The van der Waals surface area contributed by atoms with E-state index >= 15 is 0 Å². The molecule has 1 aliphatic carbocycles. The van der Waals surface area contributed by atoms with E-state index < -0.39 is 49.3 Å². The summed E-state index contributed by atoms with van der Waals surface area (Å²) in [7, 11) is 0. The zero-order chi connectivity index (χ0) is 24.2. The van der Waals surface area contributed by atoms with E-state index in [4.69, 9.17) is 14.9 Å². The highest BCUT2D eigenvalue weighted by Gasteiger charge is 2.42. The first kappa shape index (κ1) is 24.1. The molecular weight excluding hydrogens is 445 g/mol. The van der Waals surface area contributed by atoms with Gasteiger partial charge in [0.05, 0.1) is 13.0 Å². The molecular formula is C22H21F3N2O6. The number of amides is 2. The van der Waals surface area contributed by atoms with Crippen LogP contribution in [0.3, 0.4) is 0 Å². The van der Waals surface area contributed by atoms with E-state index in [1.54, 1.807) is 5.32 Å². The summed E-state index contributed by atoms with van der Waals surface area (Å²) in [6.07, 6.45) is -9.49. The molecule has 2 amide bonds. The molecule has 1 aliphatic rings. The zero-order valence-corrected chi connectivity index (χ0v) is 17.1. The maximum atomic E-state index is 13.3. The van der Waals surface area contributed by atoms with E-state index in [0.717, 1.165) is 22.3 Å². The van der Waals surface area contributed by atoms with Gasteiger partial charge in [-0.3, -0.25) is 4.79 Å². The summed E-state index contributed by atoms with van der Waals surface area (Å²) < 4.78 is 45.0. The zero-order valence-electron chi connectivity index (χ0n) is 17.1. The number of halogens is 3. The lowest BCUT2D eigenvalue weighted by Gasteiger charge is -2.22. The number of alkyl halides is 3. The van der Waals surface area contributed by atoms with E-state index in [0.29, 0.717) is 0 Å². The van der Waals surface area contributed by atoms with Crippen molar-refractivity contribution in [1.29, 1.82) is 0 Å². The maximum Gasteiger partial charge on any atom is 0.409 e. The summed E-state index contributed by atoms with van der Waals surface area (Å²) in [6, 6.07) is 12.3. The van der Waals surface area contributed by atoms with Crippen LogP contribution >= 0.6 is 0 Å². The highest BCUT2D eigenvalue weighted by Crippen LogP contribution is 2.44. The highest BCUT2D eigenvalue weighted by molar-refractivity contribution is 5.80. The van der Waals surface area contributed by atoms with Crippen molar-refractivity contribution in [3.63, 3.8) is 0 Å². The fourth-order valence-corrected chi connectivity index (χ4v) is 3.59. The average Bonchev–Trinajstić information content (AvgIpc) is 3.08. The lowest BCUT2D eigenvalue weighted by atomic mass is 9.98. The molecule has 176 valence electrons. The van der Waals surface area contributed by atoms with Crippen molar-refractivity contribution in [2.45, 2.75) is 30.7 Å². The van der Waals surface area contributed by atoms with Crippen LogP contribution < -0.4 is 10.6 Å². The molecule has 0 radical (unpaired) electrons. The molecule has 0 saturated heterocycles. The van der Waals surface area contributed by atoms with Gasteiger partial charge in [-0.25, -0.2) is 9.59 Å². The Morgan fingerprint density at radius 3 is 2.06 bits per heavy atom. The number of aliphatic hydroxyl groups is 1. The Balaban J connectivity index is 1.61. The number of benzene rings is 2. The Morgan fingerprint density at radius 2 is 1.55 bits per heavy atom.